The fourth-order valence-electron chi connectivity index (χ4n) is 3.61. The van der Waals surface area contributed by atoms with Crippen LogP contribution in [0.15, 0.2) is 102 Å². The molecule has 4 aromatic carbocycles. The third kappa shape index (κ3) is 7.26. The topological polar surface area (TPSA) is 126 Å². The van der Waals surface area contributed by atoms with E-state index < -0.39 is 23.7 Å². The van der Waals surface area contributed by atoms with Crippen molar-refractivity contribution in [1.82, 2.24) is 5.43 Å². The number of rotatable bonds is 7. The number of hydrazone groups is 1. The molecule has 9 heteroatoms. The van der Waals surface area contributed by atoms with E-state index >= 15 is 0 Å². The first kappa shape index (κ1) is 27.5. The van der Waals surface area contributed by atoms with Gasteiger partial charge in [0.05, 0.1) is 23.0 Å². The summed E-state index contributed by atoms with van der Waals surface area (Å²) in [6, 6.07) is 27.2. The zero-order chi connectivity index (χ0) is 28.5. The first-order valence-electron chi connectivity index (χ1n) is 12.3. The number of nitrogens with zero attached hydrogens (tertiary/aromatic N) is 1. The Balaban J connectivity index is 1.31. The molecule has 0 heterocycles. The number of hydrogen-bond donors (Lipinski definition) is 3. The molecule has 0 spiro atoms. The number of aryl methyl sites for hydroxylation is 2. The van der Waals surface area contributed by atoms with Gasteiger partial charge < -0.3 is 15.4 Å². The molecule has 0 aliphatic carbocycles. The van der Waals surface area contributed by atoms with Crippen molar-refractivity contribution in [3.8, 4) is 5.75 Å². The van der Waals surface area contributed by atoms with E-state index in [1.807, 2.05) is 38.1 Å². The molecule has 0 saturated carbocycles. The maximum Gasteiger partial charge on any atom is 0.343 e. The van der Waals surface area contributed by atoms with Gasteiger partial charge >= 0.3 is 17.8 Å². The van der Waals surface area contributed by atoms with Crippen LogP contribution in [0.25, 0.3) is 0 Å². The van der Waals surface area contributed by atoms with E-state index in [0.717, 1.165) is 11.1 Å². The number of benzene rings is 4. The van der Waals surface area contributed by atoms with Crippen molar-refractivity contribution in [3.05, 3.63) is 125 Å². The number of ether oxygens (including phenoxy) is 1. The molecule has 0 unspecified atom stereocenters. The third-order valence-electron chi connectivity index (χ3n) is 5.77. The fraction of sp³-hybridized carbons (Fsp3) is 0.0645. The summed E-state index contributed by atoms with van der Waals surface area (Å²) in [5, 5.41) is 9.01. The lowest BCUT2D eigenvalue weighted by molar-refractivity contribution is -0.136. The Hall–Kier alpha value is -5.57. The predicted molar refractivity (Wildman–Crippen MR) is 153 cm³/mol. The Labute approximate surface area is 230 Å². The van der Waals surface area contributed by atoms with Crippen LogP contribution in [-0.4, -0.2) is 29.9 Å². The quantitative estimate of drug-likeness (QED) is 0.103. The van der Waals surface area contributed by atoms with Crippen LogP contribution in [0, 0.1) is 13.8 Å². The van der Waals surface area contributed by atoms with E-state index in [4.69, 9.17) is 4.74 Å². The summed E-state index contributed by atoms with van der Waals surface area (Å²) >= 11 is 0. The molecule has 0 aliphatic heterocycles. The van der Waals surface area contributed by atoms with Crippen LogP contribution in [0.2, 0.25) is 0 Å². The lowest BCUT2D eigenvalue weighted by atomic mass is 10.1. The molecule has 0 aliphatic rings. The van der Waals surface area contributed by atoms with Crippen molar-refractivity contribution in [2.45, 2.75) is 13.8 Å². The first-order valence-corrected chi connectivity index (χ1v) is 12.3. The van der Waals surface area contributed by atoms with Crippen molar-refractivity contribution in [2.75, 3.05) is 10.6 Å². The zero-order valence-corrected chi connectivity index (χ0v) is 21.8. The van der Waals surface area contributed by atoms with Gasteiger partial charge in [0, 0.05) is 5.69 Å². The molecule has 3 N–H and O–H groups in total. The Morgan fingerprint density at radius 2 is 1.35 bits per heavy atom. The highest BCUT2D eigenvalue weighted by molar-refractivity contribution is 6.40. The van der Waals surface area contributed by atoms with Crippen LogP contribution in [-0.2, 0) is 9.59 Å². The standard InChI is InChI=1S/C31H26N4O5/c1-20-11-15-23(16-12-20)33-28(36)26-9-5-6-10-27(26)34-29(37)30(38)35-32-19-22-13-17-24(18-14-22)40-31(39)25-8-4-3-7-21(25)2/h3-19H,1-2H3,(H,33,36)(H,34,37)(H,35,38)/b32-19+. The number of nitrogens with one attached hydrogen (secondary N) is 3. The average molecular weight is 535 g/mol. The van der Waals surface area contributed by atoms with Crippen molar-refractivity contribution in [2.24, 2.45) is 5.10 Å². The fourth-order valence-corrected chi connectivity index (χ4v) is 3.61. The van der Waals surface area contributed by atoms with Gasteiger partial charge in [0.2, 0.25) is 0 Å². The molecule has 4 aromatic rings. The maximum atomic E-state index is 12.8. The van der Waals surface area contributed by atoms with E-state index in [-0.39, 0.29) is 11.3 Å². The van der Waals surface area contributed by atoms with Crippen LogP contribution in [0.3, 0.4) is 0 Å². The monoisotopic (exact) mass is 534 g/mol. The van der Waals surface area contributed by atoms with Crippen LogP contribution >= 0.6 is 0 Å². The first-order chi connectivity index (χ1) is 19.3. The third-order valence-corrected chi connectivity index (χ3v) is 5.77. The summed E-state index contributed by atoms with van der Waals surface area (Å²) in [4.78, 5) is 49.8. The molecule has 40 heavy (non-hydrogen) atoms. The minimum atomic E-state index is -1.02. The molecule has 3 amide bonds. The van der Waals surface area contributed by atoms with Crippen molar-refractivity contribution >= 4 is 41.3 Å². The average Bonchev–Trinajstić information content (AvgIpc) is 2.95. The summed E-state index contributed by atoms with van der Waals surface area (Å²) in [6.07, 6.45) is 1.33. The predicted octanol–water partition coefficient (Wildman–Crippen LogP) is 4.86. The number of carbonyl (C=O) groups is 4. The summed E-state index contributed by atoms with van der Waals surface area (Å²) in [6.45, 7) is 3.76. The lowest BCUT2D eigenvalue weighted by Crippen LogP contribution is -2.33. The lowest BCUT2D eigenvalue weighted by Gasteiger charge is -2.11. The van der Waals surface area contributed by atoms with E-state index in [2.05, 4.69) is 21.2 Å². The van der Waals surface area contributed by atoms with E-state index in [9.17, 15) is 19.2 Å². The van der Waals surface area contributed by atoms with Gasteiger partial charge in [-0.3, -0.25) is 14.4 Å². The van der Waals surface area contributed by atoms with E-state index in [0.29, 0.717) is 22.6 Å². The molecule has 0 atom stereocenters. The Kier molecular flexibility index (Phi) is 8.78. The minimum absolute atomic E-state index is 0.173. The number of carbonyl (C=O) groups excluding carboxylic acids is 4. The summed E-state index contributed by atoms with van der Waals surface area (Å²) in [5.41, 5.74) is 6.04. The molecule has 0 radical (unpaired) electrons. The Bertz CT molecular complexity index is 1580. The summed E-state index contributed by atoms with van der Waals surface area (Å²) in [5.74, 6) is -2.57. The molecule has 0 fully saturated rings. The van der Waals surface area contributed by atoms with Crippen molar-refractivity contribution in [3.63, 3.8) is 0 Å². The molecule has 0 aromatic heterocycles. The van der Waals surface area contributed by atoms with Crippen molar-refractivity contribution < 1.29 is 23.9 Å². The van der Waals surface area contributed by atoms with Gasteiger partial charge in [0.15, 0.2) is 0 Å². The van der Waals surface area contributed by atoms with Gasteiger partial charge in [0.25, 0.3) is 5.91 Å². The number of para-hydroxylation sites is 1. The molecule has 4 rings (SSSR count). The molecular formula is C31H26N4O5. The SMILES string of the molecule is Cc1ccc(NC(=O)c2ccccc2NC(=O)C(=O)N/N=C/c2ccc(OC(=O)c3ccccc3C)cc2)cc1. The molecule has 0 saturated heterocycles. The summed E-state index contributed by atoms with van der Waals surface area (Å²) in [7, 11) is 0. The smallest absolute Gasteiger partial charge is 0.343 e. The van der Waals surface area contributed by atoms with Gasteiger partial charge in [-0.2, -0.15) is 5.10 Å². The second-order valence-electron chi connectivity index (χ2n) is 8.79. The molecule has 200 valence electrons. The number of anilines is 2. The molecule has 0 bridgehead atoms. The Morgan fingerprint density at radius 1 is 0.700 bits per heavy atom. The second-order valence-corrected chi connectivity index (χ2v) is 8.79. The highest BCUT2D eigenvalue weighted by Gasteiger charge is 2.18. The molecule has 9 nitrogen and oxygen atoms in total. The summed E-state index contributed by atoms with van der Waals surface area (Å²) < 4.78 is 5.40. The van der Waals surface area contributed by atoms with E-state index in [1.165, 1.54) is 18.3 Å². The normalized spacial score (nSPS) is 10.6. The van der Waals surface area contributed by atoms with Crippen LogP contribution in [0.5, 0.6) is 5.75 Å². The number of esters is 1. The maximum absolute atomic E-state index is 12.8. The van der Waals surface area contributed by atoms with Crippen LogP contribution in [0.1, 0.15) is 37.4 Å². The van der Waals surface area contributed by atoms with Crippen molar-refractivity contribution in [1.29, 1.82) is 0 Å². The highest BCUT2D eigenvalue weighted by Crippen LogP contribution is 2.18. The number of amides is 3. The number of hydrogen-bond acceptors (Lipinski definition) is 6. The second kappa shape index (κ2) is 12.8. The van der Waals surface area contributed by atoms with Gasteiger partial charge in [-0.1, -0.05) is 48.0 Å². The zero-order valence-electron chi connectivity index (χ0n) is 21.8. The van der Waals surface area contributed by atoms with Gasteiger partial charge in [0.1, 0.15) is 5.75 Å². The van der Waals surface area contributed by atoms with Crippen LogP contribution < -0.4 is 20.8 Å². The van der Waals surface area contributed by atoms with E-state index in [1.54, 1.807) is 60.7 Å². The highest BCUT2D eigenvalue weighted by atomic mass is 16.5. The van der Waals surface area contributed by atoms with Crippen LogP contribution in [0.4, 0.5) is 11.4 Å². The molecular weight excluding hydrogens is 508 g/mol. The minimum Gasteiger partial charge on any atom is -0.423 e. The van der Waals surface area contributed by atoms with Gasteiger partial charge in [-0.15, -0.1) is 0 Å². The Morgan fingerprint density at radius 3 is 2.05 bits per heavy atom. The largest absolute Gasteiger partial charge is 0.423 e. The van der Waals surface area contributed by atoms with Gasteiger partial charge in [-0.05, 0) is 79.6 Å². The van der Waals surface area contributed by atoms with Gasteiger partial charge in [-0.25, -0.2) is 10.2 Å².